The number of ether oxygens (including phenoxy) is 1. The molecule has 0 aromatic heterocycles. The lowest BCUT2D eigenvalue weighted by Gasteiger charge is -2.26. The topological polar surface area (TPSA) is 75.7 Å². The van der Waals surface area contributed by atoms with Gasteiger partial charge in [-0.15, -0.1) is 0 Å². The van der Waals surface area contributed by atoms with Crippen molar-refractivity contribution in [3.63, 3.8) is 0 Å². The minimum atomic E-state index is -3.85. The largest absolute Gasteiger partial charge is 0.379 e. The number of carbonyl (C=O) groups excluding carboxylic acids is 1. The van der Waals surface area contributed by atoms with Gasteiger partial charge in [-0.1, -0.05) is 23.2 Å². The first kappa shape index (κ1) is 20.0. The van der Waals surface area contributed by atoms with E-state index in [-0.39, 0.29) is 39.3 Å². The maximum atomic E-state index is 13.9. The molecular formula is C17H15Cl2FN2O4S. The molecule has 1 amide bonds. The highest BCUT2D eigenvalue weighted by Gasteiger charge is 2.28. The fourth-order valence-corrected chi connectivity index (χ4v) is 4.64. The van der Waals surface area contributed by atoms with Crippen LogP contribution in [0.15, 0.2) is 41.3 Å². The quantitative estimate of drug-likeness (QED) is 0.802. The highest BCUT2D eigenvalue weighted by Crippen LogP contribution is 2.28. The van der Waals surface area contributed by atoms with Crippen LogP contribution in [0, 0.1) is 5.82 Å². The third-order valence-electron chi connectivity index (χ3n) is 3.95. The van der Waals surface area contributed by atoms with Gasteiger partial charge in [0.2, 0.25) is 10.0 Å². The third-order valence-corrected chi connectivity index (χ3v) is 6.57. The van der Waals surface area contributed by atoms with Crippen LogP contribution in [0.4, 0.5) is 10.1 Å². The maximum absolute atomic E-state index is 13.9. The van der Waals surface area contributed by atoms with Gasteiger partial charge in [-0.05, 0) is 36.4 Å². The van der Waals surface area contributed by atoms with Crippen LogP contribution in [0.1, 0.15) is 10.4 Å². The van der Waals surface area contributed by atoms with Crippen molar-refractivity contribution in [2.75, 3.05) is 31.6 Å². The molecule has 2 aromatic carbocycles. The van der Waals surface area contributed by atoms with Crippen LogP contribution < -0.4 is 5.32 Å². The van der Waals surface area contributed by atoms with Crippen molar-refractivity contribution in [2.45, 2.75) is 4.90 Å². The van der Waals surface area contributed by atoms with Gasteiger partial charge in [0.15, 0.2) is 0 Å². The second-order valence-corrected chi connectivity index (χ2v) is 8.49. The summed E-state index contributed by atoms with van der Waals surface area (Å²) in [5.74, 6) is -1.52. The zero-order valence-corrected chi connectivity index (χ0v) is 16.2. The van der Waals surface area contributed by atoms with Gasteiger partial charge in [-0.25, -0.2) is 12.8 Å². The minimum absolute atomic E-state index is 0.0252. The van der Waals surface area contributed by atoms with Crippen molar-refractivity contribution in [3.05, 3.63) is 57.8 Å². The van der Waals surface area contributed by atoms with Crippen molar-refractivity contribution in [1.29, 1.82) is 0 Å². The standard InChI is InChI=1S/C17H15Cl2FN2O4S/c18-11-1-3-13(15(20)9-11)17(23)21-12-2-4-14(19)16(10-12)27(24,25)22-5-7-26-8-6-22/h1-4,9-10H,5-8H2,(H,21,23). The summed E-state index contributed by atoms with van der Waals surface area (Å²) in [5, 5.41) is 2.66. The van der Waals surface area contributed by atoms with Gasteiger partial charge < -0.3 is 10.1 Å². The Labute approximate surface area is 165 Å². The first-order valence-corrected chi connectivity index (χ1v) is 10.1. The number of carbonyl (C=O) groups is 1. The normalized spacial score (nSPS) is 15.5. The zero-order chi connectivity index (χ0) is 19.6. The molecule has 1 fully saturated rings. The number of benzene rings is 2. The van der Waals surface area contributed by atoms with Gasteiger partial charge in [0, 0.05) is 23.8 Å². The van der Waals surface area contributed by atoms with E-state index in [1.54, 1.807) is 0 Å². The smallest absolute Gasteiger partial charge is 0.258 e. The Bertz CT molecular complexity index is 979. The van der Waals surface area contributed by atoms with Crippen molar-refractivity contribution >= 4 is 44.8 Å². The molecule has 1 aliphatic heterocycles. The Morgan fingerprint density at radius 3 is 2.48 bits per heavy atom. The molecule has 27 heavy (non-hydrogen) atoms. The van der Waals surface area contributed by atoms with E-state index < -0.39 is 21.7 Å². The SMILES string of the molecule is O=C(Nc1ccc(Cl)c(S(=O)(=O)N2CCOCC2)c1)c1ccc(Cl)cc1F. The highest BCUT2D eigenvalue weighted by atomic mass is 35.5. The van der Waals surface area contributed by atoms with Crippen LogP contribution in [0.25, 0.3) is 0 Å². The Hall–Kier alpha value is -1.71. The van der Waals surface area contributed by atoms with Crippen molar-refractivity contribution < 1.29 is 22.3 Å². The molecule has 3 rings (SSSR count). The molecular weight excluding hydrogens is 418 g/mol. The van der Waals surface area contributed by atoms with Crippen LogP contribution in [0.5, 0.6) is 0 Å². The molecule has 1 saturated heterocycles. The molecule has 0 radical (unpaired) electrons. The average Bonchev–Trinajstić information content (AvgIpc) is 2.63. The number of amides is 1. The maximum Gasteiger partial charge on any atom is 0.258 e. The number of sulfonamides is 1. The van der Waals surface area contributed by atoms with E-state index in [9.17, 15) is 17.6 Å². The average molecular weight is 433 g/mol. The molecule has 1 N–H and O–H groups in total. The fraction of sp³-hybridized carbons (Fsp3) is 0.235. The van der Waals surface area contributed by atoms with E-state index in [1.165, 1.54) is 34.6 Å². The molecule has 144 valence electrons. The Balaban J connectivity index is 1.88. The van der Waals surface area contributed by atoms with Crippen molar-refractivity contribution in [2.24, 2.45) is 0 Å². The minimum Gasteiger partial charge on any atom is -0.379 e. The molecule has 0 bridgehead atoms. The summed E-state index contributed by atoms with van der Waals surface area (Å²) in [6.45, 7) is 1.02. The fourth-order valence-electron chi connectivity index (χ4n) is 2.58. The summed E-state index contributed by atoms with van der Waals surface area (Å²) in [6.07, 6.45) is 0. The lowest BCUT2D eigenvalue weighted by molar-refractivity contribution is 0.0730. The molecule has 10 heteroatoms. The molecule has 2 aromatic rings. The van der Waals surface area contributed by atoms with E-state index in [1.807, 2.05) is 0 Å². The van der Waals surface area contributed by atoms with Crippen LogP contribution in [-0.2, 0) is 14.8 Å². The number of rotatable bonds is 4. The van der Waals surface area contributed by atoms with Crippen LogP contribution >= 0.6 is 23.2 Å². The van der Waals surface area contributed by atoms with E-state index in [2.05, 4.69) is 5.32 Å². The van der Waals surface area contributed by atoms with Gasteiger partial charge >= 0.3 is 0 Å². The van der Waals surface area contributed by atoms with Gasteiger partial charge in [0.05, 0.1) is 23.8 Å². The summed E-state index contributed by atoms with van der Waals surface area (Å²) in [4.78, 5) is 12.2. The van der Waals surface area contributed by atoms with E-state index in [4.69, 9.17) is 27.9 Å². The first-order valence-electron chi connectivity index (χ1n) is 7.93. The van der Waals surface area contributed by atoms with Gasteiger partial charge in [-0.3, -0.25) is 4.79 Å². The Kier molecular flexibility index (Phi) is 6.02. The summed E-state index contributed by atoms with van der Waals surface area (Å²) in [5.41, 5.74) is -0.0440. The number of hydrogen-bond acceptors (Lipinski definition) is 4. The Morgan fingerprint density at radius 2 is 1.81 bits per heavy atom. The molecule has 1 aliphatic rings. The van der Waals surface area contributed by atoms with Crippen LogP contribution in [0.3, 0.4) is 0 Å². The van der Waals surface area contributed by atoms with E-state index in [0.717, 1.165) is 6.07 Å². The summed E-state index contributed by atoms with van der Waals surface area (Å²) >= 11 is 11.7. The molecule has 1 heterocycles. The van der Waals surface area contributed by atoms with Gasteiger partial charge in [0.1, 0.15) is 10.7 Å². The second-order valence-electron chi connectivity index (χ2n) is 5.74. The van der Waals surface area contributed by atoms with Gasteiger partial charge in [0.25, 0.3) is 5.91 Å². The van der Waals surface area contributed by atoms with E-state index in [0.29, 0.717) is 13.2 Å². The van der Waals surface area contributed by atoms with E-state index >= 15 is 0 Å². The summed E-state index contributed by atoms with van der Waals surface area (Å²) in [7, 11) is -3.85. The zero-order valence-electron chi connectivity index (χ0n) is 13.9. The van der Waals surface area contributed by atoms with Crippen molar-refractivity contribution in [3.8, 4) is 0 Å². The summed E-state index contributed by atoms with van der Waals surface area (Å²) < 4.78 is 45.9. The lowest BCUT2D eigenvalue weighted by Crippen LogP contribution is -2.40. The first-order chi connectivity index (χ1) is 12.8. The number of morpholine rings is 1. The number of anilines is 1. The monoisotopic (exact) mass is 432 g/mol. The number of halogens is 3. The van der Waals surface area contributed by atoms with Crippen LogP contribution in [0.2, 0.25) is 10.0 Å². The predicted octanol–water partition coefficient (Wildman–Crippen LogP) is 3.41. The number of nitrogens with one attached hydrogen (secondary N) is 1. The predicted molar refractivity (Wildman–Crippen MR) is 100 cm³/mol. The molecule has 0 saturated carbocycles. The molecule has 0 unspecified atom stereocenters. The highest BCUT2D eigenvalue weighted by molar-refractivity contribution is 7.89. The van der Waals surface area contributed by atoms with Crippen molar-refractivity contribution in [1.82, 2.24) is 4.31 Å². The molecule has 0 spiro atoms. The molecule has 0 aliphatic carbocycles. The molecule has 0 atom stereocenters. The van der Waals surface area contributed by atoms with Crippen LogP contribution in [-0.4, -0.2) is 44.9 Å². The Morgan fingerprint density at radius 1 is 1.11 bits per heavy atom. The number of hydrogen-bond donors (Lipinski definition) is 1. The second kappa shape index (κ2) is 8.12. The van der Waals surface area contributed by atoms with Gasteiger partial charge in [-0.2, -0.15) is 4.31 Å². The molecule has 6 nitrogen and oxygen atoms in total. The number of nitrogens with zero attached hydrogens (tertiary/aromatic N) is 1. The summed E-state index contributed by atoms with van der Waals surface area (Å²) in [6, 6.07) is 7.70. The lowest BCUT2D eigenvalue weighted by atomic mass is 10.2. The third kappa shape index (κ3) is 4.41.